The minimum atomic E-state index is -0.295. The molecule has 0 aliphatic heterocycles. The molecule has 0 heterocycles. The van der Waals surface area contributed by atoms with Crippen LogP contribution in [0.2, 0.25) is 0 Å². The van der Waals surface area contributed by atoms with Gasteiger partial charge in [-0.3, -0.25) is 4.90 Å². The standard InChI is InChI=1S/C15H23NO2.C9H9BrO2/c1-4-10-16(11-5-2)12-13-6-8-14(9-7-13)15(17)18-3;1-12-9(11)8-4-2-7(6-10)3-5-8/h6-9H,4-5,10-12H2,1-3H3;2-5H,6H2,1H3. The molecule has 0 amide bonds. The fraction of sp³-hybridized carbons (Fsp3) is 0.417. The first-order valence-corrected chi connectivity index (χ1v) is 11.2. The third kappa shape index (κ3) is 9.09. The van der Waals surface area contributed by atoms with E-state index in [0.29, 0.717) is 11.1 Å². The molecule has 2 aromatic rings. The van der Waals surface area contributed by atoms with E-state index in [0.717, 1.165) is 30.5 Å². The maximum atomic E-state index is 11.3. The Kier molecular flexibility index (Phi) is 12.7. The van der Waals surface area contributed by atoms with Crippen LogP contribution in [0.4, 0.5) is 0 Å². The summed E-state index contributed by atoms with van der Waals surface area (Å²) in [5, 5.41) is 0.800. The van der Waals surface area contributed by atoms with Crippen LogP contribution >= 0.6 is 15.9 Å². The van der Waals surface area contributed by atoms with Crippen molar-refractivity contribution >= 4 is 27.9 Å². The Morgan fingerprint density at radius 1 is 0.767 bits per heavy atom. The topological polar surface area (TPSA) is 55.8 Å². The highest BCUT2D eigenvalue weighted by Crippen LogP contribution is 2.10. The Morgan fingerprint density at radius 2 is 1.17 bits per heavy atom. The Balaban J connectivity index is 0.000000325. The highest BCUT2D eigenvalue weighted by atomic mass is 79.9. The number of benzene rings is 2. The summed E-state index contributed by atoms with van der Waals surface area (Å²) in [6.45, 7) is 7.58. The zero-order valence-corrected chi connectivity index (χ0v) is 19.9. The number of carbonyl (C=O) groups excluding carboxylic acids is 2. The number of hydrogen-bond acceptors (Lipinski definition) is 5. The molecular formula is C24H32BrNO4. The summed E-state index contributed by atoms with van der Waals surface area (Å²) >= 11 is 3.32. The number of nitrogens with zero attached hydrogens (tertiary/aromatic N) is 1. The van der Waals surface area contributed by atoms with Crippen molar-refractivity contribution in [2.75, 3.05) is 27.3 Å². The van der Waals surface area contributed by atoms with E-state index < -0.39 is 0 Å². The molecule has 0 bridgehead atoms. The van der Waals surface area contributed by atoms with Crippen LogP contribution in [0.3, 0.4) is 0 Å². The lowest BCUT2D eigenvalue weighted by molar-refractivity contribution is 0.0592. The van der Waals surface area contributed by atoms with Crippen LogP contribution in [-0.4, -0.2) is 44.1 Å². The van der Waals surface area contributed by atoms with Gasteiger partial charge >= 0.3 is 11.9 Å². The number of rotatable bonds is 9. The van der Waals surface area contributed by atoms with Crippen LogP contribution in [0.5, 0.6) is 0 Å². The van der Waals surface area contributed by atoms with Crippen molar-refractivity contribution in [3.8, 4) is 0 Å². The van der Waals surface area contributed by atoms with Crippen molar-refractivity contribution in [3.05, 3.63) is 70.8 Å². The second-order valence-electron chi connectivity index (χ2n) is 6.79. The fourth-order valence-corrected chi connectivity index (χ4v) is 3.25. The third-order valence-corrected chi connectivity index (χ3v) is 5.04. The number of methoxy groups -OCH3 is 2. The molecule has 0 N–H and O–H groups in total. The summed E-state index contributed by atoms with van der Waals surface area (Å²) in [4.78, 5) is 24.7. The van der Waals surface area contributed by atoms with Gasteiger partial charge in [0.05, 0.1) is 25.3 Å². The molecular weight excluding hydrogens is 446 g/mol. The maximum Gasteiger partial charge on any atom is 0.337 e. The van der Waals surface area contributed by atoms with E-state index in [4.69, 9.17) is 0 Å². The summed E-state index contributed by atoms with van der Waals surface area (Å²) in [7, 11) is 2.78. The lowest BCUT2D eigenvalue weighted by Gasteiger charge is -2.20. The zero-order chi connectivity index (χ0) is 22.4. The molecule has 2 rings (SSSR count). The van der Waals surface area contributed by atoms with E-state index in [9.17, 15) is 9.59 Å². The van der Waals surface area contributed by atoms with Gasteiger partial charge in [0, 0.05) is 11.9 Å². The minimum Gasteiger partial charge on any atom is -0.465 e. The predicted molar refractivity (Wildman–Crippen MR) is 124 cm³/mol. The molecule has 0 aromatic heterocycles. The molecule has 0 fully saturated rings. The number of halogens is 1. The van der Waals surface area contributed by atoms with Gasteiger partial charge in [0.25, 0.3) is 0 Å². The van der Waals surface area contributed by atoms with Crippen LogP contribution in [0.25, 0.3) is 0 Å². The largest absolute Gasteiger partial charge is 0.465 e. The van der Waals surface area contributed by atoms with E-state index >= 15 is 0 Å². The molecule has 164 valence electrons. The average Bonchev–Trinajstić information content (AvgIpc) is 2.79. The molecule has 0 aliphatic carbocycles. The smallest absolute Gasteiger partial charge is 0.337 e. The van der Waals surface area contributed by atoms with E-state index in [1.165, 1.54) is 32.6 Å². The lowest BCUT2D eigenvalue weighted by atomic mass is 10.1. The van der Waals surface area contributed by atoms with Gasteiger partial charge in [0.15, 0.2) is 0 Å². The average molecular weight is 478 g/mol. The number of ether oxygens (including phenoxy) is 2. The molecule has 2 aromatic carbocycles. The molecule has 0 radical (unpaired) electrons. The van der Waals surface area contributed by atoms with Crippen molar-refractivity contribution < 1.29 is 19.1 Å². The summed E-state index contributed by atoms with van der Waals surface area (Å²) in [6, 6.07) is 15.0. The number of carbonyl (C=O) groups is 2. The van der Waals surface area contributed by atoms with Crippen LogP contribution in [0, 0.1) is 0 Å². The quantitative estimate of drug-likeness (QED) is 0.354. The first-order valence-electron chi connectivity index (χ1n) is 10.1. The molecule has 30 heavy (non-hydrogen) atoms. The summed E-state index contributed by atoms with van der Waals surface area (Å²) in [5.41, 5.74) is 3.58. The summed E-state index contributed by atoms with van der Waals surface area (Å²) in [6.07, 6.45) is 2.33. The molecule has 0 unspecified atom stereocenters. The number of alkyl halides is 1. The summed E-state index contributed by atoms with van der Waals surface area (Å²) < 4.78 is 9.24. The van der Waals surface area contributed by atoms with Gasteiger partial charge in [-0.2, -0.15) is 0 Å². The second-order valence-corrected chi connectivity index (χ2v) is 7.35. The Hall–Kier alpha value is -2.18. The Labute approximate surface area is 188 Å². The molecule has 0 aliphatic rings. The van der Waals surface area contributed by atoms with E-state index in [-0.39, 0.29) is 11.9 Å². The van der Waals surface area contributed by atoms with Crippen molar-refractivity contribution in [2.24, 2.45) is 0 Å². The minimum absolute atomic E-state index is 0.277. The number of esters is 2. The maximum absolute atomic E-state index is 11.3. The Bertz CT molecular complexity index is 754. The molecule has 0 atom stereocenters. The molecule has 0 saturated heterocycles. The van der Waals surface area contributed by atoms with Crippen molar-refractivity contribution in [3.63, 3.8) is 0 Å². The zero-order valence-electron chi connectivity index (χ0n) is 18.3. The van der Waals surface area contributed by atoms with Gasteiger partial charge in [-0.25, -0.2) is 9.59 Å². The van der Waals surface area contributed by atoms with Gasteiger partial charge in [0.2, 0.25) is 0 Å². The molecule has 0 spiro atoms. The van der Waals surface area contributed by atoms with Crippen molar-refractivity contribution in [1.29, 1.82) is 0 Å². The predicted octanol–water partition coefficient (Wildman–Crippen LogP) is 5.46. The van der Waals surface area contributed by atoms with Gasteiger partial charge in [-0.05, 0) is 61.3 Å². The van der Waals surface area contributed by atoms with Gasteiger partial charge < -0.3 is 9.47 Å². The van der Waals surface area contributed by atoms with Gasteiger partial charge in [-0.1, -0.05) is 54.0 Å². The van der Waals surface area contributed by atoms with Crippen molar-refractivity contribution in [2.45, 2.75) is 38.6 Å². The third-order valence-electron chi connectivity index (χ3n) is 4.39. The van der Waals surface area contributed by atoms with Crippen LogP contribution in [0.1, 0.15) is 58.5 Å². The van der Waals surface area contributed by atoms with Crippen LogP contribution in [-0.2, 0) is 21.3 Å². The first-order chi connectivity index (χ1) is 14.5. The number of hydrogen-bond donors (Lipinski definition) is 0. The van der Waals surface area contributed by atoms with E-state index in [2.05, 4.69) is 44.2 Å². The second kappa shape index (κ2) is 14.7. The SMILES string of the molecule is CCCN(CCC)Cc1ccc(C(=O)OC)cc1.COC(=O)c1ccc(CBr)cc1. The molecule has 5 nitrogen and oxygen atoms in total. The van der Waals surface area contributed by atoms with E-state index in [1.54, 1.807) is 12.1 Å². The lowest BCUT2D eigenvalue weighted by Crippen LogP contribution is -2.24. The fourth-order valence-electron chi connectivity index (χ4n) is 2.87. The normalized spacial score (nSPS) is 10.2. The van der Waals surface area contributed by atoms with Gasteiger partial charge in [0.1, 0.15) is 0 Å². The molecule has 0 saturated carbocycles. The summed E-state index contributed by atoms with van der Waals surface area (Å²) in [5.74, 6) is -0.573. The van der Waals surface area contributed by atoms with Gasteiger partial charge in [-0.15, -0.1) is 0 Å². The molecule has 6 heteroatoms. The van der Waals surface area contributed by atoms with Crippen molar-refractivity contribution in [1.82, 2.24) is 4.90 Å². The van der Waals surface area contributed by atoms with Crippen LogP contribution in [0.15, 0.2) is 48.5 Å². The van der Waals surface area contributed by atoms with E-state index in [1.807, 2.05) is 36.4 Å². The van der Waals surface area contributed by atoms with Crippen LogP contribution < -0.4 is 0 Å². The monoisotopic (exact) mass is 477 g/mol. The Morgan fingerprint density at radius 3 is 1.50 bits per heavy atom. The first kappa shape index (κ1) is 25.9. The highest BCUT2D eigenvalue weighted by Gasteiger charge is 2.07. The highest BCUT2D eigenvalue weighted by molar-refractivity contribution is 9.08.